The molecule has 1 amide bonds. The zero-order valence-corrected chi connectivity index (χ0v) is 15.6. The predicted octanol–water partition coefficient (Wildman–Crippen LogP) is 3.83. The number of ether oxygens (including phenoxy) is 2. The first-order chi connectivity index (χ1) is 13.7. The number of pyridine rings is 1. The second-order valence-electron chi connectivity index (χ2n) is 6.58. The molecule has 0 aliphatic carbocycles. The van der Waals surface area contributed by atoms with Gasteiger partial charge in [0, 0.05) is 30.1 Å². The molecule has 1 aromatic heterocycles. The van der Waals surface area contributed by atoms with Crippen molar-refractivity contribution in [2.45, 2.75) is 13.5 Å². The number of carbonyl (C=O) groups is 1. The Labute approximate surface area is 163 Å². The van der Waals surface area contributed by atoms with Crippen LogP contribution < -0.4 is 20.1 Å². The van der Waals surface area contributed by atoms with Gasteiger partial charge in [-0.05, 0) is 36.8 Å². The van der Waals surface area contributed by atoms with E-state index < -0.39 is 0 Å². The minimum absolute atomic E-state index is 0.145. The molecular formula is C22H21N3O3. The van der Waals surface area contributed by atoms with Gasteiger partial charge in [0.25, 0.3) is 5.91 Å². The van der Waals surface area contributed by atoms with E-state index in [0.29, 0.717) is 36.9 Å². The summed E-state index contributed by atoms with van der Waals surface area (Å²) in [5, 5.41) is 6.14. The molecule has 0 atom stereocenters. The number of fused-ring (bicyclic) bond motifs is 1. The lowest BCUT2D eigenvalue weighted by Gasteiger charge is -2.19. The number of nitrogens with one attached hydrogen (secondary N) is 2. The summed E-state index contributed by atoms with van der Waals surface area (Å²) in [7, 11) is 0. The van der Waals surface area contributed by atoms with Crippen LogP contribution in [0.15, 0.2) is 60.8 Å². The summed E-state index contributed by atoms with van der Waals surface area (Å²) in [6.07, 6.45) is 1.61. The zero-order valence-electron chi connectivity index (χ0n) is 15.6. The number of nitrogens with zero attached hydrogens (tertiary/aromatic N) is 1. The van der Waals surface area contributed by atoms with Gasteiger partial charge in [-0.25, -0.2) is 4.98 Å². The summed E-state index contributed by atoms with van der Waals surface area (Å²) in [5.74, 6) is 1.87. The van der Waals surface area contributed by atoms with Gasteiger partial charge in [0.1, 0.15) is 19.0 Å². The Morgan fingerprint density at radius 1 is 1.00 bits per heavy atom. The third kappa shape index (κ3) is 4.23. The number of aromatic nitrogens is 1. The molecular weight excluding hydrogens is 354 g/mol. The maximum atomic E-state index is 12.5. The van der Waals surface area contributed by atoms with Crippen LogP contribution in [0.1, 0.15) is 21.5 Å². The molecule has 0 fully saturated rings. The first kappa shape index (κ1) is 17.9. The zero-order chi connectivity index (χ0) is 19.3. The van der Waals surface area contributed by atoms with Gasteiger partial charge in [-0.3, -0.25) is 4.79 Å². The first-order valence-electron chi connectivity index (χ1n) is 9.14. The third-order valence-corrected chi connectivity index (χ3v) is 4.41. The second kappa shape index (κ2) is 8.00. The molecule has 4 rings (SSSR count). The molecule has 2 N–H and O–H groups in total. The van der Waals surface area contributed by atoms with Gasteiger partial charge in [0.05, 0.1) is 0 Å². The Kier molecular flexibility index (Phi) is 5.10. The number of rotatable bonds is 5. The molecule has 0 unspecified atom stereocenters. The highest BCUT2D eigenvalue weighted by Gasteiger charge is 2.12. The molecule has 0 bridgehead atoms. The molecule has 1 aliphatic rings. The average molecular weight is 375 g/mol. The van der Waals surface area contributed by atoms with Crippen molar-refractivity contribution in [1.82, 2.24) is 10.3 Å². The maximum absolute atomic E-state index is 12.5. The van der Waals surface area contributed by atoms with E-state index in [2.05, 4.69) is 15.6 Å². The third-order valence-electron chi connectivity index (χ3n) is 4.41. The number of carbonyl (C=O) groups excluding carboxylic acids is 1. The van der Waals surface area contributed by atoms with Crippen molar-refractivity contribution in [1.29, 1.82) is 0 Å². The molecule has 6 nitrogen and oxygen atoms in total. The van der Waals surface area contributed by atoms with E-state index in [1.54, 1.807) is 18.3 Å². The van der Waals surface area contributed by atoms with E-state index in [9.17, 15) is 4.79 Å². The largest absolute Gasteiger partial charge is 0.486 e. The smallest absolute Gasteiger partial charge is 0.251 e. The highest BCUT2D eigenvalue weighted by molar-refractivity contribution is 5.94. The quantitative estimate of drug-likeness (QED) is 0.709. The van der Waals surface area contributed by atoms with E-state index in [1.807, 2.05) is 49.4 Å². The minimum atomic E-state index is -0.145. The fourth-order valence-electron chi connectivity index (χ4n) is 2.90. The Balaban J connectivity index is 1.42. The number of hydrogen-bond donors (Lipinski definition) is 2. The summed E-state index contributed by atoms with van der Waals surface area (Å²) >= 11 is 0. The highest BCUT2D eigenvalue weighted by Crippen LogP contribution is 2.33. The van der Waals surface area contributed by atoms with Crippen LogP contribution in [-0.4, -0.2) is 24.1 Å². The molecule has 2 heterocycles. The lowest BCUT2D eigenvalue weighted by molar-refractivity contribution is 0.0951. The minimum Gasteiger partial charge on any atom is -0.486 e. The first-order valence-corrected chi connectivity index (χ1v) is 9.14. The normalized spacial score (nSPS) is 12.3. The van der Waals surface area contributed by atoms with Gasteiger partial charge in [-0.15, -0.1) is 0 Å². The van der Waals surface area contributed by atoms with Crippen LogP contribution >= 0.6 is 0 Å². The highest BCUT2D eigenvalue weighted by atomic mass is 16.6. The van der Waals surface area contributed by atoms with Gasteiger partial charge in [-0.1, -0.05) is 29.8 Å². The van der Waals surface area contributed by atoms with Gasteiger partial charge >= 0.3 is 0 Å². The molecule has 1 aliphatic heterocycles. The molecule has 0 radical (unpaired) electrons. The molecule has 0 saturated carbocycles. The van der Waals surface area contributed by atoms with E-state index in [-0.39, 0.29) is 5.91 Å². The van der Waals surface area contributed by atoms with Crippen LogP contribution in [0.2, 0.25) is 0 Å². The Bertz CT molecular complexity index is 987. The SMILES string of the molecule is Cc1ccc(CNC(=O)c2ccnc(Nc3ccc4c(c3)OCCO4)c2)cc1. The van der Waals surface area contributed by atoms with E-state index in [4.69, 9.17) is 9.47 Å². The standard InChI is InChI=1S/C22H21N3O3/c1-15-2-4-16(5-3-15)14-24-22(26)17-8-9-23-21(12-17)25-18-6-7-19-20(13-18)28-11-10-27-19/h2-9,12-13H,10-11,14H2,1H3,(H,23,25)(H,24,26). The van der Waals surface area contributed by atoms with Crippen molar-refractivity contribution in [2.75, 3.05) is 18.5 Å². The van der Waals surface area contributed by atoms with Crippen LogP contribution in [-0.2, 0) is 6.54 Å². The average Bonchev–Trinajstić information content (AvgIpc) is 2.73. The van der Waals surface area contributed by atoms with E-state index >= 15 is 0 Å². The van der Waals surface area contributed by atoms with E-state index in [0.717, 1.165) is 17.0 Å². The number of amides is 1. The summed E-state index contributed by atoms with van der Waals surface area (Å²) in [4.78, 5) is 16.8. The van der Waals surface area contributed by atoms with Gasteiger partial charge in [0.2, 0.25) is 0 Å². The van der Waals surface area contributed by atoms with Crippen LogP contribution in [0.25, 0.3) is 0 Å². The molecule has 2 aromatic carbocycles. The summed E-state index contributed by atoms with van der Waals surface area (Å²) in [6, 6.07) is 17.1. The van der Waals surface area contributed by atoms with Crippen molar-refractivity contribution in [3.8, 4) is 11.5 Å². The van der Waals surface area contributed by atoms with Crippen LogP contribution in [0.4, 0.5) is 11.5 Å². The molecule has 3 aromatic rings. The van der Waals surface area contributed by atoms with Crippen molar-refractivity contribution < 1.29 is 14.3 Å². The maximum Gasteiger partial charge on any atom is 0.251 e. The molecule has 142 valence electrons. The second-order valence-corrected chi connectivity index (χ2v) is 6.58. The Hall–Kier alpha value is -3.54. The summed E-state index contributed by atoms with van der Waals surface area (Å²) in [5.41, 5.74) is 3.61. The summed E-state index contributed by atoms with van der Waals surface area (Å²) < 4.78 is 11.1. The number of aryl methyl sites for hydroxylation is 1. The predicted molar refractivity (Wildman–Crippen MR) is 107 cm³/mol. The fraction of sp³-hybridized carbons (Fsp3) is 0.182. The van der Waals surface area contributed by atoms with Crippen LogP contribution in [0, 0.1) is 6.92 Å². The molecule has 0 spiro atoms. The number of hydrogen-bond acceptors (Lipinski definition) is 5. The Morgan fingerprint density at radius 3 is 2.61 bits per heavy atom. The Morgan fingerprint density at radius 2 is 1.79 bits per heavy atom. The molecule has 28 heavy (non-hydrogen) atoms. The van der Waals surface area contributed by atoms with Crippen LogP contribution in [0.3, 0.4) is 0 Å². The van der Waals surface area contributed by atoms with Crippen molar-refractivity contribution >= 4 is 17.4 Å². The van der Waals surface area contributed by atoms with Crippen molar-refractivity contribution in [3.63, 3.8) is 0 Å². The topological polar surface area (TPSA) is 72.5 Å². The van der Waals surface area contributed by atoms with Crippen molar-refractivity contribution in [3.05, 3.63) is 77.5 Å². The van der Waals surface area contributed by atoms with Crippen LogP contribution in [0.5, 0.6) is 11.5 Å². The fourth-order valence-corrected chi connectivity index (χ4v) is 2.90. The molecule has 0 saturated heterocycles. The van der Waals surface area contributed by atoms with Gasteiger partial charge < -0.3 is 20.1 Å². The summed E-state index contributed by atoms with van der Waals surface area (Å²) in [6.45, 7) is 3.61. The van der Waals surface area contributed by atoms with Gasteiger partial charge in [-0.2, -0.15) is 0 Å². The van der Waals surface area contributed by atoms with Crippen molar-refractivity contribution in [2.24, 2.45) is 0 Å². The van der Waals surface area contributed by atoms with Gasteiger partial charge in [0.15, 0.2) is 11.5 Å². The lowest BCUT2D eigenvalue weighted by Crippen LogP contribution is -2.22. The number of benzene rings is 2. The molecule has 6 heteroatoms. The monoisotopic (exact) mass is 375 g/mol. The lowest BCUT2D eigenvalue weighted by atomic mass is 10.1. The number of anilines is 2. The van der Waals surface area contributed by atoms with E-state index in [1.165, 1.54) is 5.56 Å².